The van der Waals surface area contributed by atoms with Gasteiger partial charge in [0.25, 0.3) is 5.91 Å². The maximum atomic E-state index is 11.6. The highest BCUT2D eigenvalue weighted by Gasteiger charge is 2.06. The van der Waals surface area contributed by atoms with Gasteiger partial charge in [-0.25, -0.2) is 0 Å². The zero-order valence-electron chi connectivity index (χ0n) is 13.1. The van der Waals surface area contributed by atoms with E-state index in [1.807, 2.05) is 12.1 Å². The molecule has 7 heteroatoms. The van der Waals surface area contributed by atoms with E-state index in [0.717, 1.165) is 11.3 Å². The third-order valence-corrected chi connectivity index (χ3v) is 2.81. The predicted molar refractivity (Wildman–Crippen MR) is 84.7 cm³/mol. The van der Waals surface area contributed by atoms with Gasteiger partial charge in [-0.15, -0.1) is 0 Å². The Hall–Kier alpha value is -2.83. The van der Waals surface area contributed by atoms with Gasteiger partial charge in [-0.3, -0.25) is 14.4 Å². The van der Waals surface area contributed by atoms with Gasteiger partial charge in [0.2, 0.25) is 5.91 Å². The van der Waals surface area contributed by atoms with Gasteiger partial charge < -0.3 is 20.1 Å². The van der Waals surface area contributed by atoms with Gasteiger partial charge in [-0.05, 0) is 23.8 Å². The van der Waals surface area contributed by atoms with Crippen LogP contribution in [0, 0.1) is 0 Å². The number of hydrogen-bond donors (Lipinski definition) is 2. The molecule has 0 aliphatic carbocycles. The minimum absolute atomic E-state index is 0.000883. The molecule has 2 amide bonds. The van der Waals surface area contributed by atoms with Gasteiger partial charge in [0.05, 0.1) is 13.5 Å². The van der Waals surface area contributed by atoms with Gasteiger partial charge in [0, 0.05) is 19.7 Å². The summed E-state index contributed by atoms with van der Waals surface area (Å²) in [6.45, 7) is -0.182. The molecule has 0 fully saturated rings. The molecule has 1 aromatic carbocycles. The highest BCUT2D eigenvalue weighted by molar-refractivity contribution is 5.91. The van der Waals surface area contributed by atoms with E-state index >= 15 is 0 Å². The number of ether oxygens (including phenoxy) is 2. The normalized spacial score (nSPS) is 10.2. The molecule has 0 unspecified atom stereocenters. The Morgan fingerprint density at radius 3 is 2.48 bits per heavy atom. The van der Waals surface area contributed by atoms with Crippen LogP contribution in [0.3, 0.4) is 0 Å². The second-order valence-electron chi connectivity index (χ2n) is 4.48. The topological polar surface area (TPSA) is 93.7 Å². The van der Waals surface area contributed by atoms with Crippen molar-refractivity contribution in [1.29, 1.82) is 0 Å². The molecule has 7 nitrogen and oxygen atoms in total. The second-order valence-corrected chi connectivity index (χ2v) is 4.48. The Morgan fingerprint density at radius 2 is 1.87 bits per heavy atom. The number of hydrogen-bond acceptors (Lipinski definition) is 5. The summed E-state index contributed by atoms with van der Waals surface area (Å²) < 4.78 is 9.74. The number of nitrogens with one attached hydrogen (secondary N) is 2. The number of amides is 2. The molecule has 0 aliphatic rings. The molecule has 0 aromatic heterocycles. The molecule has 0 heterocycles. The molecule has 0 radical (unpaired) electrons. The fraction of sp³-hybridized carbons (Fsp3) is 0.312. The average molecular weight is 320 g/mol. The maximum Gasteiger partial charge on any atom is 0.308 e. The monoisotopic (exact) mass is 320 g/mol. The lowest BCUT2D eigenvalue weighted by atomic mass is 10.2. The first-order valence-corrected chi connectivity index (χ1v) is 7.01. The van der Waals surface area contributed by atoms with Crippen molar-refractivity contribution in [1.82, 2.24) is 10.6 Å². The van der Waals surface area contributed by atoms with Gasteiger partial charge in [-0.2, -0.15) is 0 Å². The highest BCUT2D eigenvalue weighted by atomic mass is 16.5. The smallest absolute Gasteiger partial charge is 0.308 e. The number of rotatable bonds is 8. The molecule has 0 bridgehead atoms. The summed E-state index contributed by atoms with van der Waals surface area (Å²) in [6.07, 6.45) is 3.02. The van der Waals surface area contributed by atoms with E-state index in [4.69, 9.17) is 9.47 Å². The SMILES string of the molecule is CNC(=O)COC(=O)CCNC(=O)/C=C/c1ccc(OC)cc1. The van der Waals surface area contributed by atoms with E-state index in [1.54, 1.807) is 25.3 Å². The van der Waals surface area contributed by atoms with Crippen LogP contribution in [-0.2, 0) is 19.1 Å². The Morgan fingerprint density at radius 1 is 1.17 bits per heavy atom. The van der Waals surface area contributed by atoms with Crippen molar-refractivity contribution in [3.63, 3.8) is 0 Å². The molecule has 0 spiro atoms. The first-order chi connectivity index (χ1) is 11.0. The Bertz CT molecular complexity index is 566. The summed E-state index contributed by atoms with van der Waals surface area (Å²) in [6, 6.07) is 7.22. The molecule has 1 rings (SSSR count). The minimum atomic E-state index is -0.548. The standard InChI is InChI=1S/C16H20N2O5/c1-17-15(20)11-23-16(21)9-10-18-14(19)8-5-12-3-6-13(22-2)7-4-12/h3-8H,9-11H2,1-2H3,(H,17,20)(H,18,19)/b8-5+. The fourth-order valence-electron chi connectivity index (χ4n) is 1.52. The number of benzene rings is 1. The van der Waals surface area contributed by atoms with E-state index in [9.17, 15) is 14.4 Å². The van der Waals surface area contributed by atoms with Crippen LogP contribution in [0.5, 0.6) is 5.75 Å². The summed E-state index contributed by atoms with van der Waals surface area (Å²) in [5.74, 6) is -0.514. The number of carbonyl (C=O) groups excluding carboxylic acids is 3. The van der Waals surface area contributed by atoms with Crippen LogP contribution in [0.1, 0.15) is 12.0 Å². The Balaban J connectivity index is 2.26. The van der Waals surface area contributed by atoms with Gasteiger partial charge >= 0.3 is 5.97 Å². The van der Waals surface area contributed by atoms with Crippen LogP contribution in [0.2, 0.25) is 0 Å². The van der Waals surface area contributed by atoms with E-state index < -0.39 is 5.97 Å². The van der Waals surface area contributed by atoms with E-state index in [2.05, 4.69) is 10.6 Å². The molecular weight excluding hydrogens is 300 g/mol. The largest absolute Gasteiger partial charge is 0.497 e. The van der Waals surface area contributed by atoms with Crippen molar-refractivity contribution >= 4 is 23.9 Å². The molecule has 0 saturated carbocycles. The van der Waals surface area contributed by atoms with E-state index in [0.29, 0.717) is 0 Å². The lowest BCUT2D eigenvalue weighted by Crippen LogP contribution is -2.28. The molecule has 0 saturated heterocycles. The maximum absolute atomic E-state index is 11.6. The number of esters is 1. The van der Waals surface area contributed by atoms with Crippen LogP contribution >= 0.6 is 0 Å². The summed E-state index contributed by atoms with van der Waals surface area (Å²) in [7, 11) is 3.03. The molecule has 23 heavy (non-hydrogen) atoms. The summed E-state index contributed by atoms with van der Waals surface area (Å²) in [4.78, 5) is 33.8. The number of carbonyl (C=O) groups is 3. The number of methoxy groups -OCH3 is 1. The van der Waals surface area contributed by atoms with Crippen molar-refractivity contribution < 1.29 is 23.9 Å². The Kier molecular flexibility index (Phi) is 7.91. The van der Waals surface area contributed by atoms with Crippen LogP contribution < -0.4 is 15.4 Å². The molecule has 124 valence electrons. The number of likely N-dealkylation sites (N-methyl/N-ethyl adjacent to an activating group) is 1. The van der Waals surface area contributed by atoms with Crippen molar-refractivity contribution in [3.8, 4) is 5.75 Å². The van der Waals surface area contributed by atoms with Crippen molar-refractivity contribution in [2.75, 3.05) is 27.3 Å². The first-order valence-electron chi connectivity index (χ1n) is 7.01. The van der Waals surface area contributed by atoms with E-state index in [1.165, 1.54) is 13.1 Å². The minimum Gasteiger partial charge on any atom is -0.497 e. The van der Waals surface area contributed by atoms with Crippen LogP contribution in [0.25, 0.3) is 6.08 Å². The third kappa shape index (κ3) is 7.66. The predicted octanol–water partition coefficient (Wildman–Crippen LogP) is 0.504. The van der Waals surface area contributed by atoms with Crippen LogP contribution in [0.15, 0.2) is 30.3 Å². The molecule has 0 atom stereocenters. The molecule has 2 N–H and O–H groups in total. The molecular formula is C16H20N2O5. The van der Waals surface area contributed by atoms with Gasteiger partial charge in [0.15, 0.2) is 6.61 Å². The van der Waals surface area contributed by atoms with Crippen LogP contribution in [0.4, 0.5) is 0 Å². The fourth-order valence-corrected chi connectivity index (χ4v) is 1.52. The zero-order valence-corrected chi connectivity index (χ0v) is 13.1. The average Bonchev–Trinajstić information content (AvgIpc) is 2.58. The quantitative estimate of drug-likeness (QED) is 0.537. The van der Waals surface area contributed by atoms with Gasteiger partial charge in [-0.1, -0.05) is 12.1 Å². The summed E-state index contributed by atoms with van der Waals surface area (Å²) >= 11 is 0. The first kappa shape index (κ1) is 18.2. The van der Waals surface area contributed by atoms with Crippen LogP contribution in [-0.4, -0.2) is 45.1 Å². The summed E-state index contributed by atoms with van der Waals surface area (Å²) in [5.41, 5.74) is 0.853. The summed E-state index contributed by atoms with van der Waals surface area (Å²) in [5, 5.41) is 4.89. The third-order valence-electron chi connectivity index (χ3n) is 2.81. The van der Waals surface area contributed by atoms with Crippen molar-refractivity contribution in [2.24, 2.45) is 0 Å². The Labute approximate surface area is 134 Å². The lowest BCUT2D eigenvalue weighted by Gasteiger charge is -2.04. The van der Waals surface area contributed by atoms with Crippen molar-refractivity contribution in [2.45, 2.75) is 6.42 Å². The molecule has 0 aliphatic heterocycles. The van der Waals surface area contributed by atoms with Gasteiger partial charge in [0.1, 0.15) is 5.75 Å². The molecule has 1 aromatic rings. The zero-order chi connectivity index (χ0) is 17.1. The highest BCUT2D eigenvalue weighted by Crippen LogP contribution is 2.12. The second kappa shape index (κ2) is 9.99. The lowest BCUT2D eigenvalue weighted by molar-refractivity contribution is -0.148. The van der Waals surface area contributed by atoms with Crippen molar-refractivity contribution in [3.05, 3.63) is 35.9 Å². The van der Waals surface area contributed by atoms with E-state index in [-0.39, 0.29) is 31.4 Å².